The number of nitrogens with one attached hydrogen (secondary N) is 1. The standard InChI is InChI=1S/C28H31F2N5O5/c1-4-39-28(38)34-12-10-33(11-13-34)27(37)19(3)35-16-24(18(2)32-35)31-26(36)21-7-5-6-20(14-21)17-40-25-9-8-22(29)15-23(25)30/h5-9,14-16,19H,4,10-13,17H2,1-3H3,(H,31,36). The number of carbonyl (C=O) groups excluding carboxylic acids is 3. The number of anilines is 1. The van der Waals surface area contributed by atoms with Crippen LogP contribution < -0.4 is 10.1 Å². The number of aryl methyl sites for hydroxylation is 1. The molecule has 0 saturated carbocycles. The first-order valence-electron chi connectivity index (χ1n) is 12.9. The topological polar surface area (TPSA) is 106 Å². The quantitative estimate of drug-likeness (QED) is 0.448. The van der Waals surface area contributed by atoms with Crippen LogP contribution in [0.1, 0.15) is 41.5 Å². The molecule has 10 nitrogen and oxygen atoms in total. The minimum absolute atomic E-state index is 0.0195. The third-order valence-corrected chi connectivity index (χ3v) is 6.51. The number of piperazine rings is 1. The zero-order chi connectivity index (χ0) is 28.8. The van der Waals surface area contributed by atoms with Gasteiger partial charge < -0.3 is 24.6 Å². The van der Waals surface area contributed by atoms with Crippen LogP contribution in [0.25, 0.3) is 0 Å². The van der Waals surface area contributed by atoms with Gasteiger partial charge in [-0.05, 0) is 50.6 Å². The highest BCUT2D eigenvalue weighted by Crippen LogP contribution is 2.21. The number of hydrogen-bond donors (Lipinski definition) is 1. The van der Waals surface area contributed by atoms with Crippen molar-refractivity contribution in [3.8, 4) is 5.75 Å². The van der Waals surface area contributed by atoms with E-state index in [9.17, 15) is 23.2 Å². The second-order valence-electron chi connectivity index (χ2n) is 9.31. The normalized spacial score (nSPS) is 14.0. The number of amides is 3. The maximum absolute atomic E-state index is 13.8. The molecule has 1 unspecified atom stereocenters. The summed E-state index contributed by atoms with van der Waals surface area (Å²) in [5.74, 6) is -2.15. The van der Waals surface area contributed by atoms with Crippen LogP contribution in [0.15, 0.2) is 48.7 Å². The number of ether oxygens (including phenoxy) is 2. The number of aromatic nitrogens is 2. The molecule has 1 fully saturated rings. The van der Waals surface area contributed by atoms with Gasteiger partial charge in [0.25, 0.3) is 5.91 Å². The monoisotopic (exact) mass is 555 g/mol. The van der Waals surface area contributed by atoms with Crippen LogP contribution >= 0.6 is 0 Å². The Morgan fingerprint density at radius 3 is 2.48 bits per heavy atom. The summed E-state index contributed by atoms with van der Waals surface area (Å²) in [5.41, 5.74) is 1.95. The van der Waals surface area contributed by atoms with Crippen molar-refractivity contribution < 1.29 is 32.6 Å². The molecule has 12 heteroatoms. The van der Waals surface area contributed by atoms with Gasteiger partial charge >= 0.3 is 6.09 Å². The molecule has 1 aliphatic rings. The predicted molar refractivity (Wildman–Crippen MR) is 142 cm³/mol. The highest BCUT2D eigenvalue weighted by atomic mass is 19.1. The molecule has 0 bridgehead atoms. The SMILES string of the molecule is CCOC(=O)N1CCN(C(=O)C(C)n2cc(NC(=O)c3cccc(COc4ccc(F)cc4F)c3)c(C)n2)CC1. The number of carbonyl (C=O) groups is 3. The smallest absolute Gasteiger partial charge is 0.409 e. The highest BCUT2D eigenvalue weighted by molar-refractivity contribution is 6.04. The zero-order valence-corrected chi connectivity index (χ0v) is 22.5. The summed E-state index contributed by atoms with van der Waals surface area (Å²) in [6.07, 6.45) is 1.22. The second kappa shape index (κ2) is 12.6. The molecule has 1 atom stereocenters. The van der Waals surface area contributed by atoms with E-state index >= 15 is 0 Å². The summed E-state index contributed by atoms with van der Waals surface area (Å²) < 4.78 is 38.9. The molecular weight excluding hydrogens is 524 g/mol. The van der Waals surface area contributed by atoms with Crippen LogP contribution in [0.2, 0.25) is 0 Å². The van der Waals surface area contributed by atoms with Gasteiger partial charge in [0.15, 0.2) is 11.6 Å². The highest BCUT2D eigenvalue weighted by Gasteiger charge is 2.29. The number of nitrogens with zero attached hydrogens (tertiary/aromatic N) is 4. The molecule has 1 aromatic heterocycles. The Bertz CT molecular complexity index is 1390. The van der Waals surface area contributed by atoms with E-state index in [0.29, 0.717) is 55.3 Å². The minimum Gasteiger partial charge on any atom is -0.486 e. The third kappa shape index (κ3) is 6.74. The van der Waals surface area contributed by atoms with Crippen molar-refractivity contribution in [3.05, 3.63) is 77.1 Å². The number of hydrogen-bond acceptors (Lipinski definition) is 6. The molecule has 3 amide bonds. The van der Waals surface area contributed by atoms with Gasteiger partial charge in [-0.25, -0.2) is 13.6 Å². The van der Waals surface area contributed by atoms with Gasteiger partial charge in [-0.2, -0.15) is 5.10 Å². The molecule has 4 rings (SSSR count). The fourth-order valence-electron chi connectivity index (χ4n) is 4.25. The van der Waals surface area contributed by atoms with Crippen LogP contribution in [-0.2, 0) is 16.1 Å². The van der Waals surface area contributed by atoms with E-state index in [0.717, 1.165) is 12.1 Å². The lowest BCUT2D eigenvalue weighted by Gasteiger charge is -2.35. The molecule has 3 aromatic rings. The van der Waals surface area contributed by atoms with Gasteiger partial charge in [0, 0.05) is 44.0 Å². The number of benzene rings is 2. The number of halogens is 2. The maximum Gasteiger partial charge on any atom is 0.409 e. The fraction of sp³-hybridized carbons (Fsp3) is 0.357. The minimum atomic E-state index is -0.812. The second-order valence-corrected chi connectivity index (χ2v) is 9.31. The molecule has 2 aromatic carbocycles. The first-order valence-corrected chi connectivity index (χ1v) is 12.9. The molecule has 0 radical (unpaired) electrons. The maximum atomic E-state index is 13.8. The van der Waals surface area contributed by atoms with Gasteiger partial charge in [-0.1, -0.05) is 12.1 Å². The Labute approximate surface area is 230 Å². The molecule has 1 N–H and O–H groups in total. The van der Waals surface area contributed by atoms with Crippen molar-refractivity contribution >= 4 is 23.6 Å². The number of rotatable bonds is 8. The van der Waals surface area contributed by atoms with Crippen LogP contribution in [-0.4, -0.2) is 70.3 Å². The summed E-state index contributed by atoms with van der Waals surface area (Å²) in [7, 11) is 0. The molecule has 212 valence electrons. The van der Waals surface area contributed by atoms with Crippen molar-refractivity contribution in [2.75, 3.05) is 38.1 Å². The molecule has 2 heterocycles. The lowest BCUT2D eigenvalue weighted by Crippen LogP contribution is -2.52. The summed E-state index contributed by atoms with van der Waals surface area (Å²) in [6.45, 7) is 7.03. The zero-order valence-electron chi connectivity index (χ0n) is 22.5. The third-order valence-electron chi connectivity index (χ3n) is 6.51. The summed E-state index contributed by atoms with van der Waals surface area (Å²) in [5, 5.41) is 7.24. The van der Waals surface area contributed by atoms with E-state index in [-0.39, 0.29) is 24.4 Å². The van der Waals surface area contributed by atoms with E-state index in [4.69, 9.17) is 9.47 Å². The fourth-order valence-corrected chi connectivity index (χ4v) is 4.25. The van der Waals surface area contributed by atoms with Crippen LogP contribution in [0.4, 0.5) is 19.3 Å². The average molecular weight is 556 g/mol. The first kappa shape index (κ1) is 28.5. The van der Waals surface area contributed by atoms with Gasteiger partial charge in [0.1, 0.15) is 18.5 Å². The largest absolute Gasteiger partial charge is 0.486 e. The van der Waals surface area contributed by atoms with E-state index in [1.165, 1.54) is 10.7 Å². The van der Waals surface area contributed by atoms with Gasteiger partial charge in [0.05, 0.1) is 18.0 Å². The predicted octanol–water partition coefficient (Wildman–Crippen LogP) is 4.16. The van der Waals surface area contributed by atoms with Gasteiger partial charge in [0.2, 0.25) is 5.91 Å². The molecule has 0 aliphatic carbocycles. The molecular formula is C28H31F2N5O5. The average Bonchev–Trinajstić information content (AvgIpc) is 3.31. The lowest BCUT2D eigenvalue weighted by atomic mass is 10.1. The van der Waals surface area contributed by atoms with Crippen molar-refractivity contribution in [3.63, 3.8) is 0 Å². The Kier molecular flexibility index (Phi) is 8.97. The Morgan fingerprint density at radius 2 is 1.77 bits per heavy atom. The van der Waals surface area contributed by atoms with Crippen molar-refractivity contribution in [2.24, 2.45) is 0 Å². The van der Waals surface area contributed by atoms with Crippen LogP contribution in [0, 0.1) is 18.6 Å². The summed E-state index contributed by atoms with van der Waals surface area (Å²) in [6, 6.07) is 9.06. The van der Waals surface area contributed by atoms with E-state index < -0.39 is 23.6 Å². The van der Waals surface area contributed by atoms with Gasteiger partial charge in [-0.15, -0.1) is 0 Å². The summed E-state index contributed by atoms with van der Waals surface area (Å²) in [4.78, 5) is 41.2. The summed E-state index contributed by atoms with van der Waals surface area (Å²) >= 11 is 0. The lowest BCUT2D eigenvalue weighted by molar-refractivity contribution is -0.136. The Balaban J connectivity index is 1.35. The van der Waals surface area contributed by atoms with Crippen molar-refractivity contribution in [2.45, 2.75) is 33.4 Å². The van der Waals surface area contributed by atoms with E-state index in [1.807, 2.05) is 0 Å². The van der Waals surface area contributed by atoms with E-state index in [1.54, 1.807) is 61.0 Å². The molecule has 1 aliphatic heterocycles. The van der Waals surface area contributed by atoms with E-state index in [2.05, 4.69) is 10.4 Å². The molecule has 1 saturated heterocycles. The van der Waals surface area contributed by atoms with Crippen LogP contribution in [0.3, 0.4) is 0 Å². The molecule has 0 spiro atoms. The molecule has 40 heavy (non-hydrogen) atoms. The first-order chi connectivity index (χ1) is 19.2. The van der Waals surface area contributed by atoms with Crippen molar-refractivity contribution in [1.82, 2.24) is 19.6 Å². The Morgan fingerprint density at radius 1 is 1.05 bits per heavy atom. The Hall–Kier alpha value is -4.48. The van der Waals surface area contributed by atoms with Crippen LogP contribution in [0.5, 0.6) is 5.75 Å². The van der Waals surface area contributed by atoms with Gasteiger partial charge in [-0.3, -0.25) is 14.3 Å². The van der Waals surface area contributed by atoms with Crippen molar-refractivity contribution in [1.29, 1.82) is 0 Å².